The van der Waals surface area contributed by atoms with E-state index in [4.69, 9.17) is 18.9 Å². The van der Waals surface area contributed by atoms with Crippen LogP contribution < -0.4 is 29.6 Å². The molecule has 0 atom stereocenters. The molecule has 0 aromatic heterocycles. The van der Waals surface area contributed by atoms with E-state index in [1.807, 2.05) is 0 Å². The zero-order chi connectivity index (χ0) is 31.8. The first-order valence-electron chi connectivity index (χ1n) is 15.1. The quantitative estimate of drug-likeness (QED) is 0.236. The fraction of sp³-hybridized carbons (Fsp3) is 0.647. The average Bonchev–Trinajstić information content (AvgIpc) is 2.90. The van der Waals surface area contributed by atoms with E-state index in [0.717, 1.165) is 70.9 Å². The van der Waals surface area contributed by atoms with Crippen LogP contribution in [0.15, 0.2) is 24.3 Å². The molecule has 0 fully saturated rings. The molecule has 0 saturated carbocycles. The zero-order valence-electron chi connectivity index (χ0n) is 29.0. The Morgan fingerprint density at radius 3 is 1.24 bits per heavy atom. The van der Waals surface area contributed by atoms with E-state index >= 15 is 0 Å². The molecule has 0 amide bonds. The Kier molecular flexibility index (Phi) is 13.4. The summed E-state index contributed by atoms with van der Waals surface area (Å²) in [6, 6.07) is 8.66. The molecule has 0 aliphatic rings. The smallest absolute Gasteiger partial charge is 0.132 e. The summed E-state index contributed by atoms with van der Waals surface area (Å²) >= 11 is 0. The number of benzene rings is 2. The van der Waals surface area contributed by atoms with Gasteiger partial charge in [0, 0.05) is 42.9 Å². The number of rotatable bonds is 15. The molecule has 7 nitrogen and oxygen atoms in total. The lowest BCUT2D eigenvalue weighted by atomic mass is 9.86. The molecule has 0 aliphatic heterocycles. The molecule has 238 valence electrons. The monoisotopic (exact) mass is 603 g/mol. The molecule has 0 N–H and O–H groups in total. The number of ether oxygens (including phenoxy) is 4. The van der Waals surface area contributed by atoms with Crippen LogP contribution in [0.2, 0.25) is 0 Å². The summed E-state index contributed by atoms with van der Waals surface area (Å²) in [6.07, 6.45) is 0. The molecular weight excluding hydrogens is 545 g/mol. The molecule has 0 spiro atoms. The van der Waals surface area contributed by atoms with Crippen LogP contribution in [-0.4, -0.2) is 96.3 Å². The summed E-state index contributed by atoms with van der Waals surface area (Å²) in [5, 5.41) is 2.28. The van der Waals surface area contributed by atoms with Crippen molar-refractivity contribution in [2.45, 2.75) is 66.2 Å². The van der Waals surface area contributed by atoms with E-state index in [9.17, 15) is 0 Å². The maximum atomic E-state index is 6.77. The SMILES string of the molecule is CCN(CC)P(c1cc(OC)cc(C(C)(C)C)c1OCCN(C)C)c1cc(OC)cc(C(C)(C)C)c1OCCN(C)C. The molecule has 0 radical (unpaired) electrons. The summed E-state index contributed by atoms with van der Waals surface area (Å²) in [5.74, 6) is 3.57. The van der Waals surface area contributed by atoms with Gasteiger partial charge in [-0.1, -0.05) is 55.4 Å². The summed E-state index contributed by atoms with van der Waals surface area (Å²) in [6.45, 7) is 22.5. The van der Waals surface area contributed by atoms with Crippen molar-refractivity contribution in [3.05, 3.63) is 35.4 Å². The van der Waals surface area contributed by atoms with Crippen LogP contribution in [0.3, 0.4) is 0 Å². The van der Waals surface area contributed by atoms with Crippen LogP contribution in [-0.2, 0) is 10.8 Å². The minimum atomic E-state index is -1.09. The van der Waals surface area contributed by atoms with Gasteiger partial charge in [-0.3, -0.25) is 4.67 Å². The predicted octanol–water partition coefficient (Wildman–Crippen LogP) is 5.87. The number of hydrogen-bond donors (Lipinski definition) is 0. The average molecular weight is 604 g/mol. The van der Waals surface area contributed by atoms with Crippen molar-refractivity contribution in [1.82, 2.24) is 14.5 Å². The lowest BCUT2D eigenvalue weighted by molar-refractivity contribution is 0.257. The summed E-state index contributed by atoms with van der Waals surface area (Å²) in [5.41, 5.74) is 1.97. The largest absolute Gasteiger partial charge is 0.497 e. The second-order valence-electron chi connectivity index (χ2n) is 13.3. The van der Waals surface area contributed by atoms with Crippen LogP contribution >= 0.6 is 8.07 Å². The lowest BCUT2D eigenvalue weighted by Crippen LogP contribution is -2.33. The molecule has 2 aromatic carbocycles. The molecule has 2 aromatic rings. The normalized spacial score (nSPS) is 12.5. The maximum absolute atomic E-state index is 6.77. The molecule has 0 bridgehead atoms. The fourth-order valence-corrected chi connectivity index (χ4v) is 7.43. The number of hydrogen-bond acceptors (Lipinski definition) is 7. The van der Waals surface area contributed by atoms with Gasteiger partial charge >= 0.3 is 0 Å². The standard InChI is InChI=1S/C34H58N3O4P/c1-15-37(16-2)42(29-23-25(38-13)21-27(33(3,4)5)31(29)40-19-17-35(9)10)30-24-26(39-14)22-28(34(6,7)8)32(30)41-20-18-36(11)12/h21-24H,15-20H2,1-14H3. The van der Waals surface area contributed by atoms with Crippen molar-refractivity contribution in [3.63, 3.8) is 0 Å². The van der Waals surface area contributed by atoms with E-state index in [-0.39, 0.29) is 10.8 Å². The summed E-state index contributed by atoms with van der Waals surface area (Å²) < 4.78 is 27.9. The van der Waals surface area contributed by atoms with Crippen molar-refractivity contribution < 1.29 is 18.9 Å². The number of likely N-dealkylation sites (N-methyl/N-ethyl adjacent to an activating group) is 2. The van der Waals surface area contributed by atoms with Crippen LogP contribution in [0.4, 0.5) is 0 Å². The van der Waals surface area contributed by atoms with E-state index in [1.165, 1.54) is 0 Å². The van der Waals surface area contributed by atoms with Gasteiger partial charge in [0.25, 0.3) is 0 Å². The molecule has 0 aliphatic carbocycles. The van der Waals surface area contributed by atoms with Crippen molar-refractivity contribution in [1.29, 1.82) is 0 Å². The minimum absolute atomic E-state index is 0.156. The summed E-state index contributed by atoms with van der Waals surface area (Å²) in [7, 11) is 10.7. The molecule has 0 heterocycles. The van der Waals surface area contributed by atoms with Crippen molar-refractivity contribution in [2.75, 3.05) is 81.8 Å². The van der Waals surface area contributed by atoms with Gasteiger partial charge in [0.2, 0.25) is 0 Å². The van der Waals surface area contributed by atoms with Crippen LogP contribution in [0, 0.1) is 0 Å². The van der Waals surface area contributed by atoms with Gasteiger partial charge in [0.15, 0.2) is 0 Å². The first kappa shape index (κ1) is 36.1. The van der Waals surface area contributed by atoms with Crippen LogP contribution in [0.5, 0.6) is 23.0 Å². The maximum Gasteiger partial charge on any atom is 0.132 e. The van der Waals surface area contributed by atoms with Crippen LogP contribution in [0.25, 0.3) is 0 Å². The third-order valence-corrected chi connectivity index (χ3v) is 9.92. The van der Waals surface area contributed by atoms with E-state index in [2.05, 4.69) is 122 Å². The summed E-state index contributed by atoms with van der Waals surface area (Å²) in [4.78, 5) is 4.31. The second kappa shape index (κ2) is 15.6. The third kappa shape index (κ3) is 9.47. The van der Waals surface area contributed by atoms with Gasteiger partial charge in [-0.2, -0.15) is 0 Å². The molecular formula is C34H58N3O4P. The van der Waals surface area contributed by atoms with Gasteiger partial charge in [0.1, 0.15) is 36.2 Å². The number of nitrogens with zero attached hydrogens (tertiary/aromatic N) is 3. The van der Waals surface area contributed by atoms with Gasteiger partial charge in [-0.05, 0) is 76.4 Å². The first-order chi connectivity index (χ1) is 19.6. The lowest BCUT2D eigenvalue weighted by Gasteiger charge is -2.36. The Bertz CT molecular complexity index is 1050. The Balaban J connectivity index is 3.06. The highest BCUT2D eigenvalue weighted by Crippen LogP contribution is 2.49. The Morgan fingerprint density at radius 2 is 0.976 bits per heavy atom. The van der Waals surface area contributed by atoms with Gasteiger partial charge in [-0.25, -0.2) is 0 Å². The Morgan fingerprint density at radius 1 is 0.619 bits per heavy atom. The highest BCUT2D eigenvalue weighted by Gasteiger charge is 2.34. The minimum Gasteiger partial charge on any atom is -0.497 e. The van der Waals surface area contributed by atoms with Crippen molar-refractivity contribution >= 4 is 18.7 Å². The zero-order valence-corrected chi connectivity index (χ0v) is 29.9. The topological polar surface area (TPSA) is 46.6 Å². The van der Waals surface area contributed by atoms with E-state index in [0.29, 0.717) is 13.2 Å². The van der Waals surface area contributed by atoms with Crippen LogP contribution in [0.1, 0.15) is 66.5 Å². The fourth-order valence-electron chi connectivity index (χ4n) is 4.74. The van der Waals surface area contributed by atoms with Crippen molar-refractivity contribution in [2.24, 2.45) is 0 Å². The third-order valence-electron chi connectivity index (χ3n) is 7.21. The van der Waals surface area contributed by atoms with Gasteiger partial charge in [0.05, 0.1) is 14.2 Å². The Hall–Kier alpha value is -2.05. The van der Waals surface area contributed by atoms with Gasteiger partial charge < -0.3 is 28.7 Å². The molecule has 2 rings (SSSR count). The highest BCUT2D eigenvalue weighted by atomic mass is 31.1. The molecule has 0 saturated heterocycles. The molecule has 42 heavy (non-hydrogen) atoms. The second-order valence-corrected chi connectivity index (χ2v) is 15.5. The molecule has 0 unspecified atom stereocenters. The molecule has 8 heteroatoms. The Labute approximate surface area is 258 Å². The van der Waals surface area contributed by atoms with E-state index in [1.54, 1.807) is 14.2 Å². The van der Waals surface area contributed by atoms with E-state index < -0.39 is 8.07 Å². The van der Waals surface area contributed by atoms with Gasteiger partial charge in [-0.15, -0.1) is 0 Å². The first-order valence-corrected chi connectivity index (χ1v) is 16.4. The van der Waals surface area contributed by atoms with Crippen molar-refractivity contribution in [3.8, 4) is 23.0 Å². The predicted molar refractivity (Wildman–Crippen MR) is 181 cm³/mol. The highest BCUT2D eigenvalue weighted by molar-refractivity contribution is 7.71. The number of methoxy groups -OCH3 is 2.